The number of aromatic nitrogens is 1. The van der Waals surface area contributed by atoms with Crippen LogP contribution in [0.25, 0.3) is 33.7 Å². The minimum atomic E-state index is -0.726. The maximum atomic E-state index is 14.6. The molecule has 0 atom stereocenters. The molecule has 0 aliphatic heterocycles. The van der Waals surface area contributed by atoms with Gasteiger partial charge in [-0.05, 0) is 30.3 Å². The second-order valence-electron chi connectivity index (χ2n) is 5.98. The van der Waals surface area contributed by atoms with E-state index >= 15 is 0 Å². The van der Waals surface area contributed by atoms with Gasteiger partial charge in [-0.15, -0.1) is 0 Å². The van der Waals surface area contributed by atoms with Crippen LogP contribution in [0.5, 0.6) is 5.75 Å². The Morgan fingerprint density at radius 1 is 0.786 bits per heavy atom. The van der Waals surface area contributed by atoms with Crippen LogP contribution in [0.15, 0.2) is 65.2 Å². The molecule has 0 bridgehead atoms. The molecule has 0 radical (unpaired) electrons. The van der Waals surface area contributed by atoms with Crippen molar-refractivity contribution in [3.8, 4) is 39.5 Å². The summed E-state index contributed by atoms with van der Waals surface area (Å²) in [6.45, 7) is 0. The lowest BCUT2D eigenvalue weighted by molar-refractivity contribution is 0.431. The van der Waals surface area contributed by atoms with Crippen LogP contribution in [-0.2, 0) is 0 Å². The summed E-state index contributed by atoms with van der Waals surface area (Å²) in [5.41, 5.74) is 0.926. The Kier molecular flexibility index (Phi) is 4.79. The quantitative estimate of drug-likeness (QED) is 0.391. The number of rotatable bonds is 3. The Labute approximate surface area is 168 Å². The summed E-state index contributed by atoms with van der Waals surface area (Å²) in [7, 11) is 0. The first-order valence-electron chi connectivity index (χ1n) is 8.15. The van der Waals surface area contributed by atoms with E-state index in [0.717, 1.165) is 6.07 Å². The fraction of sp³-hybridized carbons (Fsp3) is 0. The number of hydrogen-bond donors (Lipinski definition) is 1. The first kappa shape index (κ1) is 18.5. The normalized spacial score (nSPS) is 11.0. The number of halogens is 4. The van der Waals surface area contributed by atoms with Crippen LogP contribution in [-0.4, -0.2) is 10.3 Å². The summed E-state index contributed by atoms with van der Waals surface area (Å²) in [5, 5.41) is 13.9. The predicted octanol–water partition coefficient (Wildman–Crippen LogP) is 6.97. The molecule has 0 fully saturated rings. The second-order valence-corrected chi connectivity index (χ2v) is 6.79. The minimum absolute atomic E-state index is 0.0215. The lowest BCUT2D eigenvalue weighted by Crippen LogP contribution is -1.91. The average Bonchev–Trinajstić information content (AvgIpc) is 3.06. The van der Waals surface area contributed by atoms with E-state index in [9.17, 15) is 13.9 Å². The SMILES string of the molecule is Oc1ccc(-c2onc(-c3c(F)cccc3Cl)c2-c2ccccc2Cl)c(F)c1. The Hall–Kier alpha value is -2.89. The van der Waals surface area contributed by atoms with Gasteiger partial charge >= 0.3 is 0 Å². The highest BCUT2D eigenvalue weighted by Gasteiger charge is 2.27. The van der Waals surface area contributed by atoms with Gasteiger partial charge in [-0.25, -0.2) is 8.78 Å². The molecule has 140 valence electrons. The fourth-order valence-electron chi connectivity index (χ4n) is 2.97. The van der Waals surface area contributed by atoms with Crippen molar-refractivity contribution in [2.24, 2.45) is 0 Å². The van der Waals surface area contributed by atoms with Crippen molar-refractivity contribution in [1.29, 1.82) is 0 Å². The maximum absolute atomic E-state index is 14.6. The van der Waals surface area contributed by atoms with E-state index in [-0.39, 0.29) is 33.4 Å². The van der Waals surface area contributed by atoms with E-state index in [1.807, 2.05) is 0 Å². The van der Waals surface area contributed by atoms with Crippen LogP contribution in [0.1, 0.15) is 0 Å². The Balaban J connectivity index is 2.07. The maximum Gasteiger partial charge on any atom is 0.178 e. The molecule has 1 N–H and O–H groups in total. The molecule has 0 amide bonds. The van der Waals surface area contributed by atoms with Gasteiger partial charge in [-0.2, -0.15) is 0 Å². The topological polar surface area (TPSA) is 46.3 Å². The molecule has 0 spiro atoms. The van der Waals surface area contributed by atoms with Gasteiger partial charge in [-0.1, -0.05) is 52.6 Å². The number of aromatic hydroxyl groups is 1. The van der Waals surface area contributed by atoms with Crippen LogP contribution in [0.4, 0.5) is 8.78 Å². The van der Waals surface area contributed by atoms with Crippen molar-refractivity contribution in [2.75, 3.05) is 0 Å². The lowest BCUT2D eigenvalue weighted by Gasteiger charge is -2.09. The van der Waals surface area contributed by atoms with Gasteiger partial charge in [0.2, 0.25) is 0 Å². The molecule has 0 saturated heterocycles. The van der Waals surface area contributed by atoms with E-state index in [2.05, 4.69) is 5.16 Å². The molecule has 0 saturated carbocycles. The molecule has 4 rings (SSSR count). The second kappa shape index (κ2) is 7.26. The molecule has 3 aromatic carbocycles. The largest absolute Gasteiger partial charge is 0.508 e. The molecular formula is C21H11Cl2F2NO2. The van der Waals surface area contributed by atoms with Crippen LogP contribution >= 0.6 is 23.2 Å². The van der Waals surface area contributed by atoms with Crippen molar-refractivity contribution in [3.63, 3.8) is 0 Å². The zero-order valence-corrected chi connectivity index (χ0v) is 15.6. The minimum Gasteiger partial charge on any atom is -0.508 e. The van der Waals surface area contributed by atoms with Crippen LogP contribution in [0, 0.1) is 11.6 Å². The summed E-state index contributed by atoms with van der Waals surface area (Å²) >= 11 is 12.6. The highest BCUT2D eigenvalue weighted by molar-refractivity contribution is 6.34. The highest BCUT2D eigenvalue weighted by atomic mass is 35.5. The number of nitrogens with zero attached hydrogens (tertiary/aromatic N) is 1. The molecule has 1 aromatic heterocycles. The van der Waals surface area contributed by atoms with Gasteiger partial charge in [0.05, 0.1) is 21.7 Å². The summed E-state index contributed by atoms with van der Waals surface area (Å²) in [6, 6.07) is 14.6. The monoisotopic (exact) mass is 417 g/mol. The zero-order valence-electron chi connectivity index (χ0n) is 14.1. The first-order chi connectivity index (χ1) is 13.5. The molecular weight excluding hydrogens is 407 g/mol. The Morgan fingerprint density at radius 2 is 1.54 bits per heavy atom. The predicted molar refractivity (Wildman–Crippen MR) is 104 cm³/mol. The molecule has 28 heavy (non-hydrogen) atoms. The van der Waals surface area contributed by atoms with Gasteiger partial charge in [0.25, 0.3) is 0 Å². The molecule has 3 nitrogen and oxygen atoms in total. The van der Waals surface area contributed by atoms with Crippen molar-refractivity contribution in [3.05, 3.63) is 82.3 Å². The van der Waals surface area contributed by atoms with E-state index in [1.165, 1.54) is 30.3 Å². The van der Waals surface area contributed by atoms with Crippen molar-refractivity contribution in [2.45, 2.75) is 0 Å². The summed E-state index contributed by atoms with van der Waals surface area (Å²) in [4.78, 5) is 0. The van der Waals surface area contributed by atoms with E-state index in [4.69, 9.17) is 27.7 Å². The van der Waals surface area contributed by atoms with Crippen LogP contribution < -0.4 is 0 Å². The van der Waals surface area contributed by atoms with Gasteiger partial charge < -0.3 is 9.63 Å². The highest BCUT2D eigenvalue weighted by Crippen LogP contribution is 2.45. The summed E-state index contributed by atoms with van der Waals surface area (Å²) < 4.78 is 34.5. The first-order valence-corrected chi connectivity index (χ1v) is 8.91. The van der Waals surface area contributed by atoms with Gasteiger partial charge in [0, 0.05) is 16.7 Å². The molecule has 0 aliphatic carbocycles. The summed E-state index contributed by atoms with van der Waals surface area (Å²) in [5.74, 6) is -1.53. The average molecular weight is 418 g/mol. The molecule has 0 aliphatic rings. The van der Waals surface area contributed by atoms with E-state index in [1.54, 1.807) is 24.3 Å². The number of phenols is 1. The number of benzene rings is 3. The molecule has 0 unspecified atom stereocenters. The fourth-order valence-corrected chi connectivity index (χ4v) is 3.45. The van der Waals surface area contributed by atoms with Crippen molar-refractivity contribution < 1.29 is 18.4 Å². The molecule has 7 heteroatoms. The smallest absolute Gasteiger partial charge is 0.178 e. The molecule has 1 heterocycles. The number of hydrogen-bond acceptors (Lipinski definition) is 3. The van der Waals surface area contributed by atoms with Crippen molar-refractivity contribution in [1.82, 2.24) is 5.16 Å². The van der Waals surface area contributed by atoms with Gasteiger partial charge in [-0.3, -0.25) is 0 Å². The lowest BCUT2D eigenvalue weighted by atomic mass is 9.95. The van der Waals surface area contributed by atoms with Gasteiger partial charge in [0.1, 0.15) is 23.1 Å². The Bertz CT molecular complexity index is 1170. The third-order valence-electron chi connectivity index (χ3n) is 4.23. The standard InChI is InChI=1S/C21H11Cl2F2NO2/c22-14-5-2-1-4-12(14)18-20(19-15(23)6-3-7-16(19)24)26-28-21(18)13-9-8-11(27)10-17(13)25/h1-10,27H. The zero-order chi connectivity index (χ0) is 19.8. The third-order valence-corrected chi connectivity index (χ3v) is 4.88. The van der Waals surface area contributed by atoms with Crippen LogP contribution in [0.2, 0.25) is 10.0 Å². The third kappa shape index (κ3) is 3.13. The number of phenolic OH excluding ortho intramolecular Hbond substituents is 1. The van der Waals surface area contributed by atoms with Crippen molar-refractivity contribution >= 4 is 23.2 Å². The van der Waals surface area contributed by atoms with Crippen LogP contribution in [0.3, 0.4) is 0 Å². The summed E-state index contributed by atoms with van der Waals surface area (Å²) in [6.07, 6.45) is 0. The van der Waals surface area contributed by atoms with E-state index in [0.29, 0.717) is 16.1 Å². The van der Waals surface area contributed by atoms with E-state index < -0.39 is 11.6 Å². The van der Waals surface area contributed by atoms with Gasteiger partial charge in [0.15, 0.2) is 5.76 Å². The Morgan fingerprint density at radius 3 is 2.25 bits per heavy atom. The molecule has 4 aromatic rings.